The van der Waals surface area contributed by atoms with E-state index in [1.807, 2.05) is 15.9 Å². The van der Waals surface area contributed by atoms with Crippen molar-refractivity contribution in [1.29, 1.82) is 5.26 Å². The Morgan fingerprint density at radius 1 is 0.925 bits per heavy atom. The zero-order valence-electron chi connectivity index (χ0n) is 22.2. The molecule has 0 bridgehead atoms. The lowest BCUT2D eigenvalue weighted by atomic mass is 10.1. The van der Waals surface area contributed by atoms with E-state index in [-0.39, 0.29) is 17.7 Å². The number of aryl methyl sites for hydroxylation is 1. The third-order valence-electron chi connectivity index (χ3n) is 7.14. The molecule has 0 aliphatic carbocycles. The third kappa shape index (κ3) is 5.95. The van der Waals surface area contributed by atoms with Crippen molar-refractivity contribution < 1.29 is 14.4 Å². The Balaban J connectivity index is 1.40. The first-order valence-corrected chi connectivity index (χ1v) is 14.0. The molecule has 3 heterocycles. The molecule has 2 fully saturated rings. The summed E-state index contributed by atoms with van der Waals surface area (Å²) in [4.78, 5) is 45.9. The predicted octanol–water partition coefficient (Wildman–Crippen LogP) is 2.37. The summed E-state index contributed by atoms with van der Waals surface area (Å²) in [5.74, 6) is -0.485. The Hall–Kier alpha value is -4.34. The molecule has 3 aromatic rings. The van der Waals surface area contributed by atoms with E-state index in [1.165, 1.54) is 0 Å². The Morgan fingerprint density at radius 3 is 2.35 bits per heavy atom. The summed E-state index contributed by atoms with van der Waals surface area (Å²) in [6.07, 6.45) is 0.738. The van der Waals surface area contributed by atoms with Crippen LogP contribution in [0.25, 0.3) is 0 Å². The average molecular weight is 559 g/mol. The number of hydrogen-bond donors (Lipinski definition) is 2. The van der Waals surface area contributed by atoms with E-state index in [9.17, 15) is 14.4 Å². The molecule has 2 aliphatic heterocycles. The molecule has 0 spiro atoms. The summed E-state index contributed by atoms with van der Waals surface area (Å²) < 4.78 is 3.90. The largest absolute Gasteiger partial charge is 0.368 e. The lowest BCUT2D eigenvalue weighted by Crippen LogP contribution is -2.46. The molecule has 0 unspecified atom stereocenters. The van der Waals surface area contributed by atoms with Crippen molar-refractivity contribution in [3.05, 3.63) is 69.7 Å². The van der Waals surface area contributed by atoms with Crippen molar-refractivity contribution >= 4 is 40.6 Å². The molecule has 5 rings (SSSR count). The molecule has 3 amide bonds. The van der Waals surface area contributed by atoms with Crippen LogP contribution in [0.15, 0.2) is 42.5 Å². The first-order valence-electron chi connectivity index (χ1n) is 13.2. The molecule has 2 N–H and O–H groups in total. The van der Waals surface area contributed by atoms with Crippen LogP contribution in [-0.4, -0.2) is 89.5 Å². The van der Waals surface area contributed by atoms with Gasteiger partial charge in [0.15, 0.2) is 0 Å². The van der Waals surface area contributed by atoms with Crippen LogP contribution in [0.4, 0.5) is 11.4 Å². The van der Waals surface area contributed by atoms with Gasteiger partial charge in [-0.25, -0.2) is 0 Å². The van der Waals surface area contributed by atoms with Gasteiger partial charge in [0.2, 0.25) is 0 Å². The van der Waals surface area contributed by atoms with E-state index in [0.29, 0.717) is 72.2 Å². The van der Waals surface area contributed by atoms with Crippen LogP contribution in [0.5, 0.6) is 0 Å². The van der Waals surface area contributed by atoms with Crippen molar-refractivity contribution in [1.82, 2.24) is 24.7 Å². The van der Waals surface area contributed by atoms with Crippen molar-refractivity contribution in [2.24, 2.45) is 0 Å². The molecule has 1 aromatic heterocycles. The third-order valence-corrected chi connectivity index (χ3v) is 7.96. The van der Waals surface area contributed by atoms with Gasteiger partial charge in [-0.2, -0.15) is 5.26 Å². The normalized spacial score (nSPS) is 15.8. The average Bonchev–Trinajstić information content (AvgIpc) is 3.27. The Morgan fingerprint density at radius 2 is 1.65 bits per heavy atom. The second-order valence-electron chi connectivity index (χ2n) is 9.74. The van der Waals surface area contributed by atoms with Crippen molar-refractivity contribution in [3.63, 3.8) is 0 Å². The molecular weight excluding hydrogens is 528 g/mol. The molecule has 0 radical (unpaired) electrons. The number of aromatic nitrogens is 2. The summed E-state index contributed by atoms with van der Waals surface area (Å²) in [6, 6.07) is 13.9. The summed E-state index contributed by atoms with van der Waals surface area (Å²) in [7, 11) is 0. The van der Waals surface area contributed by atoms with Crippen LogP contribution in [0.3, 0.4) is 0 Å². The number of carbonyl (C=O) groups is 3. The quantitative estimate of drug-likeness (QED) is 0.488. The smallest absolute Gasteiger partial charge is 0.267 e. The molecule has 2 aliphatic rings. The molecule has 0 atom stereocenters. The van der Waals surface area contributed by atoms with E-state index in [1.54, 1.807) is 43.3 Å². The van der Waals surface area contributed by atoms with E-state index in [0.717, 1.165) is 36.7 Å². The van der Waals surface area contributed by atoms with Crippen molar-refractivity contribution in [2.45, 2.75) is 13.3 Å². The molecule has 40 heavy (non-hydrogen) atoms. The van der Waals surface area contributed by atoms with Gasteiger partial charge in [0.05, 0.1) is 28.7 Å². The highest BCUT2D eigenvalue weighted by molar-refractivity contribution is 7.07. The van der Waals surface area contributed by atoms with Gasteiger partial charge in [0.25, 0.3) is 17.7 Å². The highest BCUT2D eigenvalue weighted by Crippen LogP contribution is 2.30. The number of nitrogens with one attached hydrogen (secondary N) is 2. The zero-order chi connectivity index (χ0) is 28.1. The molecule has 2 aromatic carbocycles. The predicted molar refractivity (Wildman–Crippen MR) is 152 cm³/mol. The van der Waals surface area contributed by atoms with Crippen molar-refractivity contribution in [2.75, 3.05) is 62.6 Å². The minimum atomic E-state index is -0.336. The second kappa shape index (κ2) is 12.2. The van der Waals surface area contributed by atoms with E-state index in [4.69, 9.17) is 5.26 Å². The molecule has 206 valence electrons. The maximum absolute atomic E-state index is 13.3. The van der Waals surface area contributed by atoms with Gasteiger partial charge in [-0.15, -0.1) is 5.10 Å². The highest BCUT2D eigenvalue weighted by Gasteiger charge is 2.26. The first-order chi connectivity index (χ1) is 19.4. The zero-order valence-corrected chi connectivity index (χ0v) is 23.0. The number of nitriles is 1. The fourth-order valence-electron chi connectivity index (χ4n) is 4.92. The van der Waals surface area contributed by atoms with Gasteiger partial charge in [-0.1, -0.05) is 4.49 Å². The summed E-state index contributed by atoms with van der Waals surface area (Å²) >= 11 is 1.11. The fraction of sp³-hybridized carbons (Fsp3) is 0.357. The summed E-state index contributed by atoms with van der Waals surface area (Å²) in [5.41, 5.74) is 3.31. The summed E-state index contributed by atoms with van der Waals surface area (Å²) in [6.45, 7) is 6.85. The van der Waals surface area contributed by atoms with Crippen LogP contribution in [0, 0.1) is 18.3 Å². The number of hydrogen-bond acceptors (Lipinski definition) is 9. The summed E-state index contributed by atoms with van der Waals surface area (Å²) in [5, 5.41) is 19.3. The molecular formula is C28H30N8O3S. The number of rotatable bonds is 5. The Bertz CT molecular complexity index is 1440. The van der Waals surface area contributed by atoms with Gasteiger partial charge in [0, 0.05) is 63.5 Å². The Kier molecular flexibility index (Phi) is 8.33. The van der Waals surface area contributed by atoms with Gasteiger partial charge in [-0.05, 0) is 67.3 Å². The highest BCUT2D eigenvalue weighted by atomic mass is 32.1. The minimum Gasteiger partial charge on any atom is -0.368 e. The van der Waals surface area contributed by atoms with E-state index >= 15 is 0 Å². The van der Waals surface area contributed by atoms with Gasteiger partial charge in [-0.3, -0.25) is 14.4 Å². The van der Waals surface area contributed by atoms with Crippen LogP contribution in [0.1, 0.15) is 48.1 Å². The number of amides is 3. The van der Waals surface area contributed by atoms with E-state index in [2.05, 4.69) is 31.2 Å². The molecule has 11 nitrogen and oxygen atoms in total. The SMILES string of the molecule is Cc1nnsc1C(=O)N1CCCN(c2ccc(C(=O)N3CCNCC3)cc2NC(=O)c2ccc(C#N)cc2)CC1. The number of anilines is 2. The van der Waals surface area contributed by atoms with Crippen LogP contribution in [0.2, 0.25) is 0 Å². The number of nitrogens with zero attached hydrogens (tertiary/aromatic N) is 6. The van der Waals surface area contributed by atoms with Crippen molar-refractivity contribution in [3.8, 4) is 6.07 Å². The molecule has 2 saturated heterocycles. The first kappa shape index (κ1) is 27.2. The lowest BCUT2D eigenvalue weighted by molar-refractivity contribution is 0.0734. The maximum Gasteiger partial charge on any atom is 0.267 e. The minimum absolute atomic E-state index is 0.0688. The number of carbonyl (C=O) groups excluding carboxylic acids is 3. The van der Waals surface area contributed by atoms with Crippen LogP contribution in [-0.2, 0) is 0 Å². The monoisotopic (exact) mass is 558 g/mol. The molecule has 0 saturated carbocycles. The molecule has 12 heteroatoms. The van der Waals surface area contributed by atoms with Gasteiger partial charge < -0.3 is 25.3 Å². The number of piperazine rings is 1. The van der Waals surface area contributed by atoms with Crippen LogP contribution >= 0.6 is 11.5 Å². The van der Waals surface area contributed by atoms with Gasteiger partial charge in [0.1, 0.15) is 4.88 Å². The maximum atomic E-state index is 13.3. The lowest BCUT2D eigenvalue weighted by Gasteiger charge is -2.29. The Labute approximate surface area is 236 Å². The second-order valence-corrected chi connectivity index (χ2v) is 10.5. The number of benzene rings is 2. The fourth-order valence-corrected chi connectivity index (χ4v) is 5.54. The topological polar surface area (TPSA) is 135 Å². The van der Waals surface area contributed by atoms with Gasteiger partial charge >= 0.3 is 0 Å². The van der Waals surface area contributed by atoms with E-state index < -0.39 is 0 Å². The standard InChI is InChI=1S/C28H30N8O3S/c1-19-25(40-33-32-19)28(39)35-12-2-11-34(15-16-35)24-8-7-22(27(38)36-13-9-30-10-14-36)17-23(24)31-26(37)21-5-3-20(18-29)4-6-21/h3-8,17,30H,2,9-16H2,1H3,(H,31,37). The van der Waals surface area contributed by atoms with Crippen LogP contribution < -0.4 is 15.5 Å².